The standard InChI is InChI=1S/C41H56N6O14S/c1-42-34(48)15-10-27-8-13-31(14-9-27)61-40(59)16-18-60-19-17-43-41(62)44-29-11-6-28(7-12-29)20-30(45(22-35(49)50)23-36(51)52)21-46(24-37(53)54)32-4-2-3-5-33(32)47(25-38(55)56)26-39(57)58/h6-9,11-14,30,32-33H,2-5,10,15-26H2,1H3,(H,42,48)(H,49,50)(H,51,52)(H,53,54)(H,55,56)(H,57,58)(H2,43,44,62)/t30-,32+,33+/m1/s1. The van der Waals surface area contributed by atoms with Crippen LogP contribution in [0.2, 0.25) is 0 Å². The van der Waals surface area contributed by atoms with E-state index in [1.807, 2.05) is 0 Å². The highest BCUT2D eigenvalue weighted by Gasteiger charge is 2.38. The minimum atomic E-state index is -1.30. The molecule has 0 saturated heterocycles. The molecule has 3 atom stereocenters. The Hall–Kier alpha value is -5.74. The van der Waals surface area contributed by atoms with E-state index in [4.69, 9.17) is 21.7 Å². The highest BCUT2D eigenvalue weighted by atomic mass is 32.1. The number of amides is 1. The predicted molar refractivity (Wildman–Crippen MR) is 227 cm³/mol. The fraction of sp³-hybridized carbons (Fsp3) is 0.512. The Kier molecular flexibility index (Phi) is 21.7. The number of aliphatic carboxylic acids is 5. The summed E-state index contributed by atoms with van der Waals surface area (Å²) in [5, 5.41) is 57.4. The van der Waals surface area contributed by atoms with Crippen LogP contribution in [0.25, 0.3) is 0 Å². The molecule has 1 aliphatic carbocycles. The number of hydrogen-bond acceptors (Lipinski definition) is 13. The van der Waals surface area contributed by atoms with Gasteiger partial charge in [0.25, 0.3) is 0 Å². The van der Waals surface area contributed by atoms with Crippen molar-refractivity contribution < 1.29 is 68.6 Å². The van der Waals surface area contributed by atoms with Crippen molar-refractivity contribution in [2.45, 2.75) is 69.5 Å². The smallest absolute Gasteiger partial charge is 0.317 e. The highest BCUT2D eigenvalue weighted by molar-refractivity contribution is 7.80. The topological polar surface area (TPSA) is 285 Å². The van der Waals surface area contributed by atoms with Gasteiger partial charge in [-0.1, -0.05) is 37.1 Å². The third-order valence-electron chi connectivity index (χ3n) is 10.0. The highest BCUT2D eigenvalue weighted by Crippen LogP contribution is 2.29. The molecule has 3 rings (SSSR count). The Morgan fingerprint density at radius 3 is 1.79 bits per heavy atom. The van der Waals surface area contributed by atoms with Gasteiger partial charge in [0.15, 0.2) is 5.11 Å². The number of carbonyl (C=O) groups excluding carboxylic acids is 2. The number of esters is 1. The lowest BCUT2D eigenvalue weighted by Crippen LogP contribution is -2.59. The normalized spacial score (nSPS) is 15.4. The van der Waals surface area contributed by atoms with Crippen molar-refractivity contribution >= 4 is 64.7 Å². The van der Waals surface area contributed by atoms with Gasteiger partial charge in [-0.2, -0.15) is 0 Å². The second kappa shape index (κ2) is 26.6. The zero-order chi connectivity index (χ0) is 45.6. The summed E-state index contributed by atoms with van der Waals surface area (Å²) in [6.45, 7) is -2.49. The van der Waals surface area contributed by atoms with Gasteiger partial charge in [0.1, 0.15) is 5.75 Å². The first kappa shape index (κ1) is 50.6. The van der Waals surface area contributed by atoms with Crippen LogP contribution < -0.4 is 20.7 Å². The first-order valence-corrected chi connectivity index (χ1v) is 20.5. The van der Waals surface area contributed by atoms with Crippen LogP contribution >= 0.6 is 12.2 Å². The van der Waals surface area contributed by atoms with E-state index in [0.717, 1.165) is 5.56 Å². The summed E-state index contributed by atoms with van der Waals surface area (Å²) in [6.07, 6.45) is 3.16. The van der Waals surface area contributed by atoms with Crippen LogP contribution in [-0.4, -0.2) is 171 Å². The van der Waals surface area contributed by atoms with Gasteiger partial charge in [0.05, 0.1) is 52.4 Å². The molecule has 0 heterocycles. The molecule has 1 fully saturated rings. The summed E-state index contributed by atoms with van der Waals surface area (Å²) >= 11 is 5.40. The van der Waals surface area contributed by atoms with Gasteiger partial charge in [0.2, 0.25) is 5.91 Å². The Bertz CT molecular complexity index is 1800. The van der Waals surface area contributed by atoms with Crippen molar-refractivity contribution in [2.75, 3.05) is 71.4 Å². The van der Waals surface area contributed by atoms with Crippen LogP contribution in [-0.2, 0) is 51.1 Å². The monoisotopic (exact) mass is 888 g/mol. The zero-order valence-electron chi connectivity index (χ0n) is 34.5. The van der Waals surface area contributed by atoms with E-state index in [9.17, 15) is 59.1 Å². The predicted octanol–water partition coefficient (Wildman–Crippen LogP) is 1.22. The summed E-state index contributed by atoms with van der Waals surface area (Å²) in [7, 11) is 1.58. The molecule has 20 nitrogen and oxygen atoms in total. The van der Waals surface area contributed by atoms with Gasteiger partial charge in [0, 0.05) is 50.4 Å². The van der Waals surface area contributed by atoms with E-state index < -0.39 is 86.7 Å². The second-order valence-corrected chi connectivity index (χ2v) is 15.1. The van der Waals surface area contributed by atoms with Gasteiger partial charge in [-0.3, -0.25) is 48.3 Å². The average molecular weight is 889 g/mol. The lowest BCUT2D eigenvalue weighted by atomic mass is 9.87. The van der Waals surface area contributed by atoms with Crippen LogP contribution in [0, 0.1) is 0 Å². The summed E-state index contributed by atoms with van der Waals surface area (Å²) in [4.78, 5) is 87.3. The maximum atomic E-state index is 12.2. The minimum absolute atomic E-state index is 0.0234. The largest absolute Gasteiger partial charge is 0.480 e. The van der Waals surface area contributed by atoms with Crippen molar-refractivity contribution in [3.63, 3.8) is 0 Å². The van der Waals surface area contributed by atoms with Gasteiger partial charge in [-0.15, -0.1) is 0 Å². The fourth-order valence-corrected chi connectivity index (χ4v) is 7.49. The summed E-state index contributed by atoms with van der Waals surface area (Å²) in [5.41, 5.74) is 2.19. The van der Waals surface area contributed by atoms with E-state index in [-0.39, 0.29) is 43.6 Å². The lowest BCUT2D eigenvalue weighted by molar-refractivity contribution is -0.146. The molecule has 0 radical (unpaired) electrons. The molecule has 1 saturated carbocycles. The Balaban J connectivity index is 1.60. The third kappa shape index (κ3) is 19.3. The summed E-state index contributed by atoms with van der Waals surface area (Å²) in [5.74, 6) is -6.46. The van der Waals surface area contributed by atoms with Crippen molar-refractivity contribution in [3.8, 4) is 5.75 Å². The van der Waals surface area contributed by atoms with Gasteiger partial charge >= 0.3 is 35.8 Å². The van der Waals surface area contributed by atoms with Crippen LogP contribution in [0.15, 0.2) is 48.5 Å². The molecule has 8 N–H and O–H groups in total. The Morgan fingerprint density at radius 2 is 1.24 bits per heavy atom. The van der Waals surface area contributed by atoms with Crippen LogP contribution in [0.3, 0.4) is 0 Å². The van der Waals surface area contributed by atoms with E-state index in [0.29, 0.717) is 62.1 Å². The number of anilines is 1. The number of nitrogens with zero attached hydrogens (tertiary/aromatic N) is 3. The van der Waals surface area contributed by atoms with Crippen molar-refractivity contribution in [1.82, 2.24) is 25.3 Å². The average Bonchev–Trinajstić information content (AvgIpc) is 3.20. The number of hydrogen-bond donors (Lipinski definition) is 8. The molecule has 2 aromatic rings. The van der Waals surface area contributed by atoms with E-state index in [1.165, 1.54) is 9.80 Å². The first-order valence-electron chi connectivity index (χ1n) is 20.1. The second-order valence-electron chi connectivity index (χ2n) is 14.7. The quantitative estimate of drug-likeness (QED) is 0.0258. The molecule has 0 aromatic heterocycles. The lowest BCUT2D eigenvalue weighted by Gasteiger charge is -2.45. The summed E-state index contributed by atoms with van der Waals surface area (Å²) in [6, 6.07) is 11.7. The molecule has 0 spiro atoms. The number of aryl methyl sites for hydroxylation is 1. The molecule has 62 heavy (non-hydrogen) atoms. The Labute approximate surface area is 364 Å². The molecule has 0 aliphatic heterocycles. The number of carbonyl (C=O) groups is 7. The molecular formula is C41H56N6O14S. The van der Waals surface area contributed by atoms with Crippen LogP contribution in [0.1, 0.15) is 49.7 Å². The van der Waals surface area contributed by atoms with Gasteiger partial charge in [-0.05, 0) is 73.3 Å². The number of benzene rings is 2. The van der Waals surface area contributed by atoms with Crippen molar-refractivity contribution in [2.24, 2.45) is 0 Å². The minimum Gasteiger partial charge on any atom is -0.480 e. The van der Waals surface area contributed by atoms with E-state index in [2.05, 4.69) is 16.0 Å². The molecule has 340 valence electrons. The first-order chi connectivity index (χ1) is 29.5. The fourth-order valence-electron chi connectivity index (χ4n) is 7.27. The third-order valence-corrected chi connectivity index (χ3v) is 10.3. The maximum Gasteiger partial charge on any atom is 0.317 e. The number of thiocarbonyl (C=S) groups is 1. The van der Waals surface area contributed by atoms with Gasteiger partial charge < -0.3 is 51.0 Å². The number of nitrogens with one attached hydrogen (secondary N) is 3. The molecular weight excluding hydrogens is 833 g/mol. The van der Waals surface area contributed by atoms with Crippen LogP contribution in [0.4, 0.5) is 5.69 Å². The molecule has 21 heteroatoms. The number of carboxylic acids is 5. The molecule has 1 aliphatic rings. The van der Waals surface area contributed by atoms with Crippen molar-refractivity contribution in [1.29, 1.82) is 0 Å². The number of rotatable bonds is 28. The number of ether oxygens (including phenoxy) is 2. The van der Waals surface area contributed by atoms with Gasteiger partial charge in [-0.25, -0.2) is 0 Å². The molecule has 1 amide bonds. The number of carboxylic acid groups (broad SMARTS) is 5. The molecule has 2 aromatic carbocycles. The summed E-state index contributed by atoms with van der Waals surface area (Å²) < 4.78 is 10.9. The van der Waals surface area contributed by atoms with Crippen molar-refractivity contribution in [3.05, 3.63) is 59.7 Å². The van der Waals surface area contributed by atoms with E-state index in [1.54, 1.807) is 60.5 Å². The molecule has 0 unspecified atom stereocenters. The van der Waals surface area contributed by atoms with E-state index >= 15 is 0 Å². The van der Waals surface area contributed by atoms with Crippen LogP contribution in [0.5, 0.6) is 5.75 Å². The Morgan fingerprint density at radius 1 is 0.710 bits per heavy atom. The zero-order valence-corrected chi connectivity index (χ0v) is 35.3. The maximum absolute atomic E-state index is 12.2. The molecule has 0 bridgehead atoms. The SMILES string of the molecule is CNC(=O)CCc1ccc(OC(=O)CCOCCNC(=S)Nc2ccc(C[C@H](CN(CC(=O)O)[C@H]3CCCC[C@@H]3N(CC(=O)O)CC(=O)O)N(CC(=O)O)CC(=O)O)cc2)cc1.